The highest BCUT2D eigenvalue weighted by Gasteiger charge is 2.29. The number of ether oxygens (including phenoxy) is 1. The first-order valence-electron chi connectivity index (χ1n) is 7.46. The molecule has 1 aliphatic rings. The minimum atomic E-state index is -0.444. The van der Waals surface area contributed by atoms with Crippen LogP contribution in [0.5, 0.6) is 0 Å². The van der Waals surface area contributed by atoms with E-state index in [4.69, 9.17) is 4.74 Å². The second-order valence-electron chi connectivity index (χ2n) is 5.42. The molecule has 23 heavy (non-hydrogen) atoms. The number of fused-ring (bicyclic) bond motifs is 3. The molecule has 0 N–H and O–H groups in total. The molecule has 0 radical (unpaired) electrons. The predicted octanol–water partition coefficient (Wildman–Crippen LogP) is 3.45. The Morgan fingerprint density at radius 1 is 0.957 bits per heavy atom. The van der Waals surface area contributed by atoms with Crippen molar-refractivity contribution >= 4 is 5.97 Å². The van der Waals surface area contributed by atoms with E-state index >= 15 is 0 Å². The van der Waals surface area contributed by atoms with E-state index in [9.17, 15) is 4.79 Å². The van der Waals surface area contributed by atoms with Crippen molar-refractivity contribution in [2.75, 3.05) is 6.61 Å². The molecule has 1 aromatic heterocycles. The van der Waals surface area contributed by atoms with Gasteiger partial charge in [-0.25, -0.2) is 9.78 Å². The van der Waals surface area contributed by atoms with Gasteiger partial charge in [-0.2, -0.15) is 0 Å². The number of benzene rings is 2. The maximum Gasteiger partial charge on any atom is 0.358 e. The molecule has 1 heterocycles. The average Bonchev–Trinajstić information content (AvgIpc) is 2.94. The summed E-state index contributed by atoms with van der Waals surface area (Å²) in [6.45, 7) is 0.295. The molecule has 0 spiro atoms. The molecule has 0 aliphatic heterocycles. The standard InChI is InChI=1S/C19H14N2O2/c22-19(18-11-20-9-10-21-18)23-12-17-15-7-3-1-5-13(15)14-6-2-4-8-16(14)17/h1-11,17H,12H2. The summed E-state index contributed by atoms with van der Waals surface area (Å²) < 4.78 is 5.48. The molecule has 0 bridgehead atoms. The van der Waals surface area contributed by atoms with Gasteiger partial charge in [0.05, 0.1) is 6.20 Å². The van der Waals surface area contributed by atoms with Crippen LogP contribution in [0.15, 0.2) is 67.1 Å². The highest BCUT2D eigenvalue weighted by molar-refractivity contribution is 5.87. The van der Waals surface area contributed by atoms with Crippen LogP contribution >= 0.6 is 0 Å². The lowest BCUT2D eigenvalue weighted by molar-refractivity contribution is 0.0486. The first-order chi connectivity index (χ1) is 11.3. The van der Waals surface area contributed by atoms with E-state index in [1.54, 1.807) is 0 Å². The highest BCUT2D eigenvalue weighted by atomic mass is 16.5. The maximum absolute atomic E-state index is 12.1. The minimum absolute atomic E-state index is 0.0584. The Kier molecular flexibility index (Phi) is 3.35. The first-order valence-corrected chi connectivity index (χ1v) is 7.46. The number of aromatic nitrogens is 2. The van der Waals surface area contributed by atoms with E-state index in [2.05, 4.69) is 34.2 Å². The summed E-state index contributed by atoms with van der Waals surface area (Å²) in [5.74, 6) is -0.386. The third-order valence-electron chi connectivity index (χ3n) is 4.12. The Hall–Kier alpha value is -3.01. The van der Waals surface area contributed by atoms with Crippen molar-refractivity contribution in [1.82, 2.24) is 9.97 Å². The summed E-state index contributed by atoms with van der Waals surface area (Å²) in [4.78, 5) is 20.0. The third kappa shape index (κ3) is 2.38. The molecule has 0 saturated heterocycles. The van der Waals surface area contributed by atoms with Crippen LogP contribution in [0.4, 0.5) is 0 Å². The van der Waals surface area contributed by atoms with Crippen molar-refractivity contribution in [1.29, 1.82) is 0 Å². The van der Waals surface area contributed by atoms with Gasteiger partial charge >= 0.3 is 5.97 Å². The lowest BCUT2D eigenvalue weighted by atomic mass is 9.98. The fourth-order valence-electron chi connectivity index (χ4n) is 3.08. The van der Waals surface area contributed by atoms with Crippen LogP contribution in [0.1, 0.15) is 27.5 Å². The van der Waals surface area contributed by atoms with Crippen LogP contribution in [0, 0.1) is 0 Å². The average molecular weight is 302 g/mol. The van der Waals surface area contributed by atoms with Crippen molar-refractivity contribution in [2.45, 2.75) is 5.92 Å². The van der Waals surface area contributed by atoms with E-state index < -0.39 is 5.97 Å². The Labute approximate surface area is 133 Å². The van der Waals surface area contributed by atoms with Crippen molar-refractivity contribution in [3.05, 3.63) is 83.9 Å². The number of esters is 1. The molecule has 0 unspecified atom stereocenters. The van der Waals surface area contributed by atoms with E-state index in [0.717, 1.165) is 0 Å². The number of hydrogen-bond acceptors (Lipinski definition) is 4. The summed E-state index contributed by atoms with van der Waals surface area (Å²) in [5.41, 5.74) is 5.04. The zero-order valence-corrected chi connectivity index (χ0v) is 12.3. The van der Waals surface area contributed by atoms with Gasteiger partial charge in [-0.3, -0.25) is 4.98 Å². The third-order valence-corrected chi connectivity index (χ3v) is 4.12. The van der Waals surface area contributed by atoms with Gasteiger partial charge in [0.2, 0.25) is 0 Å². The van der Waals surface area contributed by atoms with Crippen molar-refractivity contribution < 1.29 is 9.53 Å². The fourth-order valence-corrected chi connectivity index (χ4v) is 3.08. The Balaban J connectivity index is 1.61. The summed E-state index contributed by atoms with van der Waals surface area (Å²) in [7, 11) is 0. The second kappa shape index (κ2) is 5.65. The summed E-state index contributed by atoms with van der Waals surface area (Å²) in [5, 5.41) is 0. The normalized spacial score (nSPS) is 12.5. The predicted molar refractivity (Wildman–Crippen MR) is 86.0 cm³/mol. The molecule has 0 atom stereocenters. The highest BCUT2D eigenvalue weighted by Crippen LogP contribution is 2.44. The number of carbonyl (C=O) groups is 1. The monoisotopic (exact) mass is 302 g/mol. The fraction of sp³-hybridized carbons (Fsp3) is 0.105. The largest absolute Gasteiger partial charge is 0.460 e. The van der Waals surface area contributed by atoms with Gasteiger partial charge in [-0.15, -0.1) is 0 Å². The zero-order chi connectivity index (χ0) is 15.6. The summed E-state index contributed by atoms with van der Waals surface area (Å²) in [6.07, 6.45) is 4.43. The number of hydrogen-bond donors (Lipinski definition) is 0. The van der Waals surface area contributed by atoms with Crippen LogP contribution in [0.2, 0.25) is 0 Å². The van der Waals surface area contributed by atoms with Gasteiger partial charge in [0.1, 0.15) is 6.61 Å². The van der Waals surface area contributed by atoms with Gasteiger partial charge in [0, 0.05) is 18.3 Å². The molecule has 0 fully saturated rings. The van der Waals surface area contributed by atoms with Crippen LogP contribution in [0.3, 0.4) is 0 Å². The second-order valence-corrected chi connectivity index (χ2v) is 5.42. The smallest absolute Gasteiger partial charge is 0.358 e. The van der Waals surface area contributed by atoms with E-state index in [-0.39, 0.29) is 11.6 Å². The molecular weight excluding hydrogens is 288 g/mol. The van der Waals surface area contributed by atoms with E-state index in [1.165, 1.54) is 40.8 Å². The van der Waals surface area contributed by atoms with Gasteiger partial charge in [0.15, 0.2) is 5.69 Å². The molecule has 112 valence electrons. The SMILES string of the molecule is O=C(OCC1c2ccccc2-c2ccccc21)c1cnccn1. The molecule has 3 aromatic rings. The van der Waals surface area contributed by atoms with Crippen molar-refractivity contribution in [3.8, 4) is 11.1 Å². The Morgan fingerprint density at radius 3 is 2.22 bits per heavy atom. The molecule has 4 nitrogen and oxygen atoms in total. The lowest BCUT2D eigenvalue weighted by Crippen LogP contribution is -2.13. The van der Waals surface area contributed by atoms with E-state index in [1.807, 2.05) is 24.3 Å². The minimum Gasteiger partial charge on any atom is -0.460 e. The number of rotatable bonds is 3. The quantitative estimate of drug-likeness (QED) is 0.695. The van der Waals surface area contributed by atoms with Crippen LogP contribution < -0.4 is 0 Å². The molecule has 1 aliphatic carbocycles. The number of nitrogens with zero attached hydrogens (tertiary/aromatic N) is 2. The Bertz CT molecular complexity index is 817. The maximum atomic E-state index is 12.1. The molecular formula is C19H14N2O2. The first kappa shape index (κ1) is 13.6. The summed E-state index contributed by atoms with van der Waals surface area (Å²) >= 11 is 0. The van der Waals surface area contributed by atoms with Gasteiger partial charge < -0.3 is 4.74 Å². The van der Waals surface area contributed by atoms with Crippen LogP contribution in [-0.4, -0.2) is 22.5 Å². The van der Waals surface area contributed by atoms with Crippen molar-refractivity contribution in [3.63, 3.8) is 0 Å². The topological polar surface area (TPSA) is 52.1 Å². The van der Waals surface area contributed by atoms with E-state index in [0.29, 0.717) is 6.61 Å². The number of carbonyl (C=O) groups excluding carboxylic acids is 1. The Morgan fingerprint density at radius 2 is 1.61 bits per heavy atom. The molecule has 4 heteroatoms. The lowest BCUT2D eigenvalue weighted by Gasteiger charge is -2.13. The molecule has 2 aromatic carbocycles. The zero-order valence-electron chi connectivity index (χ0n) is 12.3. The molecule has 4 rings (SSSR count). The van der Waals surface area contributed by atoms with Gasteiger partial charge in [-0.1, -0.05) is 48.5 Å². The molecule has 0 saturated carbocycles. The van der Waals surface area contributed by atoms with Gasteiger partial charge in [-0.05, 0) is 22.3 Å². The summed E-state index contributed by atoms with van der Waals surface area (Å²) in [6, 6.07) is 16.5. The van der Waals surface area contributed by atoms with Crippen LogP contribution in [0.25, 0.3) is 11.1 Å². The van der Waals surface area contributed by atoms with Gasteiger partial charge in [0.25, 0.3) is 0 Å². The molecule has 0 amide bonds. The van der Waals surface area contributed by atoms with Crippen LogP contribution in [-0.2, 0) is 4.74 Å². The van der Waals surface area contributed by atoms with Crippen molar-refractivity contribution in [2.24, 2.45) is 0 Å².